The third-order valence-corrected chi connectivity index (χ3v) is 4.39. The summed E-state index contributed by atoms with van der Waals surface area (Å²) in [4.78, 5) is 24.2. The van der Waals surface area contributed by atoms with Gasteiger partial charge in [-0.3, -0.25) is 9.59 Å². The van der Waals surface area contributed by atoms with Gasteiger partial charge in [0.1, 0.15) is 11.9 Å². The first-order chi connectivity index (χ1) is 11.8. The Morgan fingerprint density at radius 3 is 2.80 bits per heavy atom. The Bertz CT molecular complexity index is 613. The number of benzene rings is 1. The molecule has 2 atom stereocenters. The van der Waals surface area contributed by atoms with Crippen LogP contribution in [0.2, 0.25) is 0 Å². The summed E-state index contributed by atoms with van der Waals surface area (Å²) < 4.78 is 13.6. The number of amides is 2. The minimum absolute atomic E-state index is 0.0717. The molecular formula is C19H28FN3O2. The molecule has 1 heterocycles. The molecular weight excluding hydrogens is 321 g/mol. The first-order valence-corrected chi connectivity index (χ1v) is 8.83. The SMILES string of the molecule is CC(C)(C)[C@@H](NCC(=O)N[C@@H]1CCCCNC1=O)c1cccc(F)c1. The Kier molecular flexibility index (Phi) is 6.53. The van der Waals surface area contributed by atoms with E-state index in [1.807, 2.05) is 26.8 Å². The molecule has 0 aliphatic carbocycles. The van der Waals surface area contributed by atoms with Crippen LogP contribution in [0.3, 0.4) is 0 Å². The topological polar surface area (TPSA) is 70.2 Å². The van der Waals surface area contributed by atoms with Crippen molar-refractivity contribution in [3.05, 3.63) is 35.6 Å². The molecule has 6 heteroatoms. The van der Waals surface area contributed by atoms with Crippen LogP contribution in [0.15, 0.2) is 24.3 Å². The van der Waals surface area contributed by atoms with Crippen LogP contribution in [-0.4, -0.2) is 30.9 Å². The highest BCUT2D eigenvalue weighted by Gasteiger charge is 2.28. The zero-order valence-electron chi connectivity index (χ0n) is 15.2. The van der Waals surface area contributed by atoms with Gasteiger partial charge in [-0.15, -0.1) is 0 Å². The smallest absolute Gasteiger partial charge is 0.242 e. The van der Waals surface area contributed by atoms with Gasteiger partial charge in [0.2, 0.25) is 11.8 Å². The lowest BCUT2D eigenvalue weighted by Gasteiger charge is -2.32. The normalized spacial score (nSPS) is 19.7. The molecule has 2 amide bonds. The molecule has 0 unspecified atom stereocenters. The fourth-order valence-electron chi connectivity index (χ4n) is 3.13. The molecule has 5 nitrogen and oxygen atoms in total. The maximum Gasteiger partial charge on any atom is 0.242 e. The van der Waals surface area contributed by atoms with E-state index in [4.69, 9.17) is 0 Å². The van der Waals surface area contributed by atoms with Gasteiger partial charge in [-0.05, 0) is 42.4 Å². The van der Waals surface area contributed by atoms with Crippen molar-refractivity contribution in [1.29, 1.82) is 0 Å². The van der Waals surface area contributed by atoms with Gasteiger partial charge in [-0.25, -0.2) is 4.39 Å². The van der Waals surface area contributed by atoms with Crippen molar-refractivity contribution >= 4 is 11.8 Å². The van der Waals surface area contributed by atoms with E-state index in [1.165, 1.54) is 12.1 Å². The maximum absolute atomic E-state index is 13.6. The van der Waals surface area contributed by atoms with Crippen molar-refractivity contribution in [3.63, 3.8) is 0 Å². The van der Waals surface area contributed by atoms with Crippen LogP contribution < -0.4 is 16.0 Å². The molecule has 1 aromatic rings. The largest absolute Gasteiger partial charge is 0.354 e. The molecule has 2 rings (SSSR count). The van der Waals surface area contributed by atoms with E-state index in [-0.39, 0.29) is 35.6 Å². The Hall–Kier alpha value is -1.95. The summed E-state index contributed by atoms with van der Waals surface area (Å²) in [5.74, 6) is -0.649. The minimum atomic E-state index is -0.473. The fourth-order valence-corrected chi connectivity index (χ4v) is 3.13. The Morgan fingerprint density at radius 2 is 2.12 bits per heavy atom. The first kappa shape index (κ1) is 19.4. The molecule has 1 aromatic carbocycles. The Labute approximate surface area is 148 Å². The van der Waals surface area contributed by atoms with E-state index in [0.29, 0.717) is 13.0 Å². The second-order valence-corrected chi connectivity index (χ2v) is 7.64. The van der Waals surface area contributed by atoms with Crippen LogP contribution in [0.4, 0.5) is 4.39 Å². The van der Waals surface area contributed by atoms with Gasteiger partial charge in [-0.1, -0.05) is 32.9 Å². The van der Waals surface area contributed by atoms with Gasteiger partial charge in [0, 0.05) is 12.6 Å². The summed E-state index contributed by atoms with van der Waals surface area (Å²) >= 11 is 0. The van der Waals surface area contributed by atoms with E-state index >= 15 is 0 Å². The number of carbonyl (C=O) groups is 2. The third kappa shape index (κ3) is 5.81. The van der Waals surface area contributed by atoms with Crippen molar-refractivity contribution < 1.29 is 14.0 Å². The van der Waals surface area contributed by atoms with Crippen molar-refractivity contribution in [2.45, 2.75) is 52.1 Å². The average Bonchev–Trinajstić information content (AvgIpc) is 2.71. The van der Waals surface area contributed by atoms with Crippen LogP contribution in [-0.2, 0) is 9.59 Å². The van der Waals surface area contributed by atoms with Crippen molar-refractivity contribution in [1.82, 2.24) is 16.0 Å². The molecule has 138 valence electrons. The lowest BCUT2D eigenvalue weighted by Crippen LogP contribution is -2.49. The highest BCUT2D eigenvalue weighted by molar-refractivity contribution is 5.88. The van der Waals surface area contributed by atoms with E-state index in [9.17, 15) is 14.0 Å². The van der Waals surface area contributed by atoms with E-state index in [0.717, 1.165) is 18.4 Å². The molecule has 3 N–H and O–H groups in total. The predicted molar refractivity (Wildman–Crippen MR) is 95.4 cm³/mol. The van der Waals surface area contributed by atoms with Crippen molar-refractivity contribution in [3.8, 4) is 0 Å². The lowest BCUT2D eigenvalue weighted by atomic mass is 9.82. The average molecular weight is 349 g/mol. The fraction of sp³-hybridized carbons (Fsp3) is 0.579. The second kappa shape index (κ2) is 8.43. The summed E-state index contributed by atoms with van der Waals surface area (Å²) in [6.07, 6.45) is 2.50. The van der Waals surface area contributed by atoms with Gasteiger partial charge < -0.3 is 16.0 Å². The summed E-state index contributed by atoms with van der Waals surface area (Å²) in [6.45, 7) is 6.84. The highest BCUT2D eigenvalue weighted by atomic mass is 19.1. The van der Waals surface area contributed by atoms with Gasteiger partial charge in [-0.2, -0.15) is 0 Å². The van der Waals surface area contributed by atoms with Crippen LogP contribution in [0.5, 0.6) is 0 Å². The number of carbonyl (C=O) groups excluding carboxylic acids is 2. The van der Waals surface area contributed by atoms with E-state index in [1.54, 1.807) is 6.07 Å². The van der Waals surface area contributed by atoms with Gasteiger partial charge in [0.05, 0.1) is 6.54 Å². The molecule has 0 bridgehead atoms. The lowest BCUT2D eigenvalue weighted by molar-refractivity contribution is -0.128. The number of hydrogen-bond acceptors (Lipinski definition) is 3. The zero-order valence-corrected chi connectivity index (χ0v) is 15.2. The monoisotopic (exact) mass is 349 g/mol. The van der Waals surface area contributed by atoms with Crippen LogP contribution in [0, 0.1) is 11.2 Å². The molecule has 1 fully saturated rings. The van der Waals surface area contributed by atoms with Crippen LogP contribution >= 0.6 is 0 Å². The Morgan fingerprint density at radius 1 is 1.36 bits per heavy atom. The minimum Gasteiger partial charge on any atom is -0.354 e. The third-order valence-electron chi connectivity index (χ3n) is 4.39. The number of halogens is 1. The number of hydrogen-bond donors (Lipinski definition) is 3. The molecule has 0 saturated carbocycles. The van der Waals surface area contributed by atoms with Crippen molar-refractivity contribution in [2.75, 3.05) is 13.1 Å². The van der Waals surface area contributed by atoms with Crippen LogP contribution in [0.1, 0.15) is 51.6 Å². The number of rotatable bonds is 5. The molecule has 25 heavy (non-hydrogen) atoms. The predicted octanol–water partition coefficient (Wildman–Crippen LogP) is 2.29. The molecule has 0 aromatic heterocycles. The second-order valence-electron chi connectivity index (χ2n) is 7.64. The van der Waals surface area contributed by atoms with Crippen LogP contribution in [0.25, 0.3) is 0 Å². The summed E-state index contributed by atoms with van der Waals surface area (Å²) in [7, 11) is 0. The summed E-state index contributed by atoms with van der Waals surface area (Å²) in [5, 5.41) is 8.81. The molecule has 0 radical (unpaired) electrons. The molecule has 1 aliphatic rings. The standard InChI is InChI=1S/C19H28FN3O2/c1-19(2,3)17(13-7-6-8-14(20)11-13)22-12-16(24)23-15-9-4-5-10-21-18(15)25/h6-8,11,15,17,22H,4-5,9-10,12H2,1-3H3,(H,21,25)(H,23,24)/t15-,17+/m1/s1. The molecule has 1 saturated heterocycles. The zero-order chi connectivity index (χ0) is 18.4. The Balaban J connectivity index is 1.98. The summed E-state index contributed by atoms with van der Waals surface area (Å²) in [5.41, 5.74) is 0.598. The highest BCUT2D eigenvalue weighted by Crippen LogP contribution is 2.32. The first-order valence-electron chi connectivity index (χ1n) is 8.83. The molecule has 1 aliphatic heterocycles. The molecule has 0 spiro atoms. The van der Waals surface area contributed by atoms with E-state index in [2.05, 4.69) is 16.0 Å². The van der Waals surface area contributed by atoms with Gasteiger partial charge in [0.25, 0.3) is 0 Å². The van der Waals surface area contributed by atoms with Gasteiger partial charge in [0.15, 0.2) is 0 Å². The number of nitrogens with one attached hydrogen (secondary N) is 3. The summed E-state index contributed by atoms with van der Waals surface area (Å²) in [6, 6.07) is 5.75. The van der Waals surface area contributed by atoms with Crippen molar-refractivity contribution in [2.24, 2.45) is 5.41 Å². The quantitative estimate of drug-likeness (QED) is 0.764. The maximum atomic E-state index is 13.6. The van der Waals surface area contributed by atoms with Gasteiger partial charge >= 0.3 is 0 Å². The van der Waals surface area contributed by atoms with E-state index < -0.39 is 6.04 Å².